The molecule has 2 fully saturated rings. The van der Waals surface area contributed by atoms with Crippen molar-refractivity contribution in [2.24, 2.45) is 0 Å². The molecule has 2 aliphatic heterocycles. The van der Waals surface area contributed by atoms with Crippen molar-refractivity contribution in [3.8, 4) is 5.75 Å². The number of carbonyl (C=O) groups excluding carboxylic acids is 3. The Morgan fingerprint density at radius 1 is 0.868 bits per heavy atom. The van der Waals surface area contributed by atoms with Crippen LogP contribution >= 0.6 is 0 Å². The number of aromatic nitrogens is 1. The Morgan fingerprint density at radius 3 is 2.26 bits per heavy atom. The van der Waals surface area contributed by atoms with E-state index >= 15 is 0 Å². The fourth-order valence-corrected chi connectivity index (χ4v) is 5.52. The lowest BCUT2D eigenvalue weighted by Crippen LogP contribution is -2.54. The maximum absolute atomic E-state index is 12.8. The van der Waals surface area contributed by atoms with Crippen LogP contribution in [0.3, 0.4) is 0 Å². The second-order valence-electron chi connectivity index (χ2n) is 10.00. The first-order valence-corrected chi connectivity index (χ1v) is 13.2. The van der Waals surface area contributed by atoms with Gasteiger partial charge in [0, 0.05) is 63.3 Å². The van der Waals surface area contributed by atoms with Crippen molar-refractivity contribution < 1.29 is 19.1 Å². The Morgan fingerprint density at radius 2 is 1.55 bits per heavy atom. The van der Waals surface area contributed by atoms with Gasteiger partial charge in [-0.3, -0.25) is 33.7 Å². The Kier molecular flexibility index (Phi) is 7.76. The van der Waals surface area contributed by atoms with Gasteiger partial charge >= 0.3 is 0 Å². The van der Waals surface area contributed by atoms with Crippen LogP contribution in [0.4, 0.5) is 5.69 Å². The summed E-state index contributed by atoms with van der Waals surface area (Å²) >= 11 is 0. The van der Waals surface area contributed by atoms with Gasteiger partial charge in [0.05, 0.1) is 31.4 Å². The predicted octanol–water partition coefficient (Wildman–Crippen LogP) is 2.69. The molecule has 9 heteroatoms. The number of methoxy groups -OCH3 is 1. The number of para-hydroxylation sites is 2. The van der Waals surface area contributed by atoms with Crippen molar-refractivity contribution in [1.29, 1.82) is 0 Å². The third kappa shape index (κ3) is 5.44. The van der Waals surface area contributed by atoms with Crippen LogP contribution in [-0.2, 0) is 16.1 Å². The number of hydrogen-bond acceptors (Lipinski definition) is 7. The molecule has 5 rings (SSSR count). The number of amides is 2. The highest BCUT2D eigenvalue weighted by atomic mass is 16.5. The molecule has 38 heavy (non-hydrogen) atoms. The minimum atomic E-state index is -0.136. The van der Waals surface area contributed by atoms with Gasteiger partial charge in [-0.25, -0.2) is 0 Å². The fraction of sp³-hybridized carbons (Fsp3) is 0.414. The Hall–Kier alpha value is -3.69. The van der Waals surface area contributed by atoms with E-state index in [0.29, 0.717) is 13.1 Å². The molecule has 9 nitrogen and oxygen atoms in total. The van der Waals surface area contributed by atoms with Crippen LogP contribution in [0.1, 0.15) is 23.7 Å². The first-order valence-electron chi connectivity index (χ1n) is 13.2. The van der Waals surface area contributed by atoms with Crippen LogP contribution in [0.5, 0.6) is 5.75 Å². The lowest BCUT2D eigenvalue weighted by molar-refractivity contribution is -0.151. The normalized spacial score (nSPS) is 17.4. The third-order valence-electron chi connectivity index (χ3n) is 7.51. The molecule has 2 aliphatic rings. The molecule has 1 aromatic heterocycles. The molecule has 200 valence electrons. The molecule has 3 heterocycles. The predicted molar refractivity (Wildman–Crippen MR) is 146 cm³/mol. The summed E-state index contributed by atoms with van der Waals surface area (Å²) in [6.07, 6.45) is 2.71. The molecule has 0 aliphatic carbocycles. The summed E-state index contributed by atoms with van der Waals surface area (Å²) < 4.78 is 7.13. The zero-order valence-corrected chi connectivity index (χ0v) is 22.1. The van der Waals surface area contributed by atoms with E-state index in [0.717, 1.165) is 67.0 Å². The number of imide groups is 1. The average Bonchev–Trinajstić information content (AvgIpc) is 3.31. The number of rotatable bonds is 8. The molecule has 0 unspecified atom stereocenters. The van der Waals surface area contributed by atoms with Crippen LogP contribution in [0.25, 0.3) is 10.9 Å². The molecular formula is C29H35N5O4. The summed E-state index contributed by atoms with van der Waals surface area (Å²) in [6, 6.07) is 15.7. The number of fused-ring (bicyclic) bond motifs is 1. The Labute approximate surface area is 223 Å². The summed E-state index contributed by atoms with van der Waals surface area (Å²) in [6.45, 7) is 7.37. The first kappa shape index (κ1) is 25.9. The van der Waals surface area contributed by atoms with Crippen molar-refractivity contribution in [2.45, 2.75) is 19.9 Å². The SMILES string of the molecule is COc1ccccc1CN1CC(=O)N(CCCN2CCN(c3cn(C(C)=O)c4ccccc34)CC2)C(=O)C1. The fourth-order valence-electron chi connectivity index (χ4n) is 5.52. The van der Waals surface area contributed by atoms with Crippen molar-refractivity contribution in [3.05, 3.63) is 60.3 Å². The maximum Gasteiger partial charge on any atom is 0.243 e. The molecule has 0 atom stereocenters. The zero-order valence-electron chi connectivity index (χ0n) is 22.1. The van der Waals surface area contributed by atoms with Crippen LogP contribution in [0, 0.1) is 0 Å². The number of piperazine rings is 2. The van der Waals surface area contributed by atoms with E-state index in [2.05, 4.69) is 15.9 Å². The molecule has 0 bridgehead atoms. The van der Waals surface area contributed by atoms with Gasteiger partial charge in [0.25, 0.3) is 0 Å². The molecule has 2 saturated heterocycles. The van der Waals surface area contributed by atoms with E-state index in [-0.39, 0.29) is 30.8 Å². The summed E-state index contributed by atoms with van der Waals surface area (Å²) in [5, 5.41) is 1.10. The summed E-state index contributed by atoms with van der Waals surface area (Å²) in [5.74, 6) is 0.501. The van der Waals surface area contributed by atoms with Crippen molar-refractivity contribution in [3.63, 3.8) is 0 Å². The molecular weight excluding hydrogens is 482 g/mol. The Bertz CT molecular complexity index is 1310. The number of hydrogen-bond donors (Lipinski definition) is 0. The van der Waals surface area contributed by atoms with Crippen LogP contribution in [-0.4, -0.2) is 96.5 Å². The third-order valence-corrected chi connectivity index (χ3v) is 7.51. The van der Waals surface area contributed by atoms with Crippen molar-refractivity contribution >= 4 is 34.3 Å². The standard InChI is InChI=1S/C29H35N5O4/c1-22(35)34-19-26(24-9-4-5-10-25(24)34)32-16-14-30(15-17-32)12-7-13-33-28(36)20-31(21-29(33)37)18-23-8-3-6-11-27(23)38-2/h3-6,8-11,19H,7,12-18,20-21H2,1-2H3. The number of nitrogens with zero attached hydrogens (tertiary/aromatic N) is 5. The topological polar surface area (TPSA) is 78.3 Å². The van der Waals surface area contributed by atoms with Crippen LogP contribution in [0.2, 0.25) is 0 Å². The van der Waals surface area contributed by atoms with E-state index in [1.165, 1.54) is 4.90 Å². The second kappa shape index (κ2) is 11.4. The smallest absolute Gasteiger partial charge is 0.243 e. The minimum Gasteiger partial charge on any atom is -0.496 e. The quantitative estimate of drug-likeness (QED) is 0.425. The monoisotopic (exact) mass is 517 g/mol. The first-order chi connectivity index (χ1) is 18.4. The van der Waals surface area contributed by atoms with Gasteiger partial charge < -0.3 is 9.64 Å². The molecule has 2 amide bonds. The van der Waals surface area contributed by atoms with E-state index < -0.39 is 0 Å². The van der Waals surface area contributed by atoms with Gasteiger partial charge in [-0.15, -0.1) is 0 Å². The molecule has 2 aromatic carbocycles. The van der Waals surface area contributed by atoms with Gasteiger partial charge in [-0.1, -0.05) is 36.4 Å². The highest BCUT2D eigenvalue weighted by Crippen LogP contribution is 2.30. The largest absolute Gasteiger partial charge is 0.496 e. The average molecular weight is 518 g/mol. The number of benzene rings is 2. The second-order valence-corrected chi connectivity index (χ2v) is 10.00. The van der Waals surface area contributed by atoms with Crippen LogP contribution in [0.15, 0.2) is 54.7 Å². The molecule has 0 saturated carbocycles. The highest BCUT2D eigenvalue weighted by Gasteiger charge is 2.31. The van der Waals surface area contributed by atoms with Crippen LogP contribution < -0.4 is 9.64 Å². The van der Waals surface area contributed by atoms with Gasteiger partial charge in [0.2, 0.25) is 17.7 Å². The lowest BCUT2D eigenvalue weighted by atomic mass is 10.1. The van der Waals surface area contributed by atoms with E-state index in [4.69, 9.17) is 4.74 Å². The molecule has 0 spiro atoms. The molecule has 3 aromatic rings. The number of carbonyl (C=O) groups is 3. The van der Waals surface area contributed by atoms with E-state index in [1.54, 1.807) is 18.6 Å². The maximum atomic E-state index is 12.8. The Balaban J connectivity index is 1.10. The van der Waals surface area contributed by atoms with Gasteiger partial charge in [-0.05, 0) is 25.1 Å². The molecule has 0 N–H and O–H groups in total. The van der Waals surface area contributed by atoms with E-state index in [9.17, 15) is 14.4 Å². The van der Waals surface area contributed by atoms with Gasteiger partial charge in [0.15, 0.2) is 0 Å². The van der Waals surface area contributed by atoms with Gasteiger partial charge in [0.1, 0.15) is 5.75 Å². The zero-order chi connectivity index (χ0) is 26.6. The summed E-state index contributed by atoms with van der Waals surface area (Å²) in [7, 11) is 1.62. The summed E-state index contributed by atoms with van der Waals surface area (Å²) in [5.41, 5.74) is 3.00. The number of ether oxygens (including phenoxy) is 1. The van der Waals surface area contributed by atoms with Crippen molar-refractivity contribution in [1.82, 2.24) is 19.3 Å². The molecule has 0 radical (unpaired) electrons. The minimum absolute atomic E-state index is 0.0100. The van der Waals surface area contributed by atoms with Gasteiger partial charge in [-0.2, -0.15) is 0 Å². The van der Waals surface area contributed by atoms with E-state index in [1.807, 2.05) is 53.6 Å². The summed E-state index contributed by atoms with van der Waals surface area (Å²) in [4.78, 5) is 45.7. The number of anilines is 1. The highest BCUT2D eigenvalue weighted by molar-refractivity contribution is 6.00. The van der Waals surface area contributed by atoms with Crippen molar-refractivity contribution in [2.75, 3.05) is 64.4 Å². The lowest BCUT2D eigenvalue weighted by Gasteiger charge is -2.36.